The summed E-state index contributed by atoms with van der Waals surface area (Å²) in [6.45, 7) is 0.0876. The van der Waals surface area contributed by atoms with E-state index in [2.05, 4.69) is 30.6 Å². The minimum Gasteiger partial charge on any atom is -0.342 e. The van der Waals surface area contributed by atoms with Gasteiger partial charge in [-0.25, -0.2) is 0 Å². The van der Waals surface area contributed by atoms with Crippen LogP contribution in [0, 0.1) is 0 Å². The summed E-state index contributed by atoms with van der Waals surface area (Å²) in [4.78, 5) is 21.8. The van der Waals surface area contributed by atoms with Crippen molar-refractivity contribution >= 4 is 5.91 Å². The fourth-order valence-corrected chi connectivity index (χ4v) is 2.24. The number of nitrogens with one attached hydrogen (secondary N) is 1. The molecular formula is C17H13N7O2. The van der Waals surface area contributed by atoms with Crippen LogP contribution < -0.4 is 5.32 Å². The van der Waals surface area contributed by atoms with Gasteiger partial charge in [-0.3, -0.25) is 9.78 Å². The van der Waals surface area contributed by atoms with Crippen LogP contribution >= 0.6 is 0 Å². The standard InChI is InChI=1S/C17H13N7O2/c25-17(14-10-20-24(22-14)13-6-2-1-3-7-13)19-11-15-21-16(23-26-15)12-5-4-8-18-9-12/h1-10H,11H2,(H,19,25). The van der Waals surface area contributed by atoms with Gasteiger partial charge in [-0.15, -0.1) is 5.10 Å². The first-order valence-corrected chi connectivity index (χ1v) is 7.78. The third-order valence-electron chi connectivity index (χ3n) is 3.50. The summed E-state index contributed by atoms with van der Waals surface area (Å²) in [5, 5.41) is 14.8. The second-order valence-corrected chi connectivity index (χ2v) is 5.29. The molecule has 9 nitrogen and oxygen atoms in total. The van der Waals surface area contributed by atoms with Crippen molar-refractivity contribution in [1.82, 2.24) is 35.4 Å². The molecule has 0 bridgehead atoms. The quantitative estimate of drug-likeness (QED) is 0.584. The van der Waals surface area contributed by atoms with E-state index in [1.165, 1.54) is 11.0 Å². The van der Waals surface area contributed by atoms with Crippen LogP contribution in [0.4, 0.5) is 0 Å². The van der Waals surface area contributed by atoms with Gasteiger partial charge in [-0.1, -0.05) is 23.4 Å². The van der Waals surface area contributed by atoms with Gasteiger partial charge in [0.05, 0.1) is 18.4 Å². The molecule has 128 valence electrons. The van der Waals surface area contributed by atoms with Gasteiger partial charge in [0, 0.05) is 18.0 Å². The lowest BCUT2D eigenvalue weighted by molar-refractivity contribution is 0.0941. The van der Waals surface area contributed by atoms with E-state index in [0.717, 1.165) is 11.3 Å². The molecule has 26 heavy (non-hydrogen) atoms. The predicted molar refractivity (Wildman–Crippen MR) is 90.1 cm³/mol. The van der Waals surface area contributed by atoms with E-state index in [1.54, 1.807) is 18.5 Å². The number of pyridine rings is 1. The number of rotatable bonds is 5. The molecule has 4 aromatic rings. The first-order valence-electron chi connectivity index (χ1n) is 7.78. The molecule has 9 heteroatoms. The minimum atomic E-state index is -0.381. The van der Waals surface area contributed by atoms with Crippen LogP contribution in [0.1, 0.15) is 16.4 Å². The lowest BCUT2D eigenvalue weighted by Gasteiger charge is -1.99. The Hall–Kier alpha value is -3.88. The summed E-state index contributed by atoms with van der Waals surface area (Å²) in [5.74, 6) is 0.318. The van der Waals surface area contributed by atoms with Crippen LogP contribution in [0.15, 0.2) is 65.6 Å². The van der Waals surface area contributed by atoms with Crippen LogP contribution in [0.3, 0.4) is 0 Å². The Morgan fingerprint density at radius 2 is 2.00 bits per heavy atom. The highest BCUT2D eigenvalue weighted by Gasteiger charge is 2.14. The van der Waals surface area contributed by atoms with Crippen molar-refractivity contribution in [2.75, 3.05) is 0 Å². The molecule has 0 saturated carbocycles. The molecular weight excluding hydrogens is 334 g/mol. The Morgan fingerprint density at radius 3 is 2.81 bits per heavy atom. The summed E-state index contributed by atoms with van der Waals surface area (Å²) >= 11 is 0. The number of carbonyl (C=O) groups excluding carboxylic acids is 1. The number of hydrogen-bond acceptors (Lipinski definition) is 7. The first-order chi connectivity index (χ1) is 12.8. The Morgan fingerprint density at radius 1 is 1.12 bits per heavy atom. The van der Waals surface area contributed by atoms with Crippen molar-refractivity contribution in [3.63, 3.8) is 0 Å². The van der Waals surface area contributed by atoms with Crippen molar-refractivity contribution in [3.05, 3.63) is 72.6 Å². The average molecular weight is 347 g/mol. The highest BCUT2D eigenvalue weighted by Crippen LogP contribution is 2.13. The second kappa shape index (κ2) is 6.93. The molecule has 3 aromatic heterocycles. The van der Waals surface area contributed by atoms with E-state index in [9.17, 15) is 4.79 Å². The van der Waals surface area contributed by atoms with E-state index in [1.807, 2.05) is 36.4 Å². The Labute approximate surface area is 147 Å². The van der Waals surface area contributed by atoms with Crippen molar-refractivity contribution in [1.29, 1.82) is 0 Å². The van der Waals surface area contributed by atoms with Crippen molar-refractivity contribution < 1.29 is 9.32 Å². The zero-order chi connectivity index (χ0) is 17.8. The molecule has 4 rings (SSSR count). The molecule has 0 unspecified atom stereocenters. The fraction of sp³-hybridized carbons (Fsp3) is 0.0588. The van der Waals surface area contributed by atoms with Crippen molar-refractivity contribution in [2.24, 2.45) is 0 Å². The van der Waals surface area contributed by atoms with Gasteiger partial charge >= 0.3 is 0 Å². The van der Waals surface area contributed by atoms with Gasteiger partial charge in [-0.05, 0) is 24.3 Å². The maximum absolute atomic E-state index is 12.2. The van der Waals surface area contributed by atoms with Gasteiger partial charge < -0.3 is 9.84 Å². The van der Waals surface area contributed by atoms with E-state index in [0.29, 0.717) is 5.82 Å². The van der Waals surface area contributed by atoms with Crippen LogP contribution in [0.5, 0.6) is 0 Å². The molecule has 0 aliphatic rings. The first kappa shape index (κ1) is 15.6. The van der Waals surface area contributed by atoms with Crippen LogP contribution in [-0.4, -0.2) is 36.0 Å². The third-order valence-corrected chi connectivity index (χ3v) is 3.50. The molecule has 1 amide bonds. The average Bonchev–Trinajstić information content (AvgIpc) is 3.37. The van der Waals surface area contributed by atoms with E-state index >= 15 is 0 Å². The third kappa shape index (κ3) is 3.31. The number of nitrogens with zero attached hydrogens (tertiary/aromatic N) is 6. The highest BCUT2D eigenvalue weighted by molar-refractivity contribution is 5.91. The summed E-state index contributed by atoms with van der Waals surface area (Å²) < 4.78 is 5.14. The number of aromatic nitrogens is 6. The molecule has 1 N–H and O–H groups in total. The van der Waals surface area contributed by atoms with E-state index in [-0.39, 0.29) is 24.0 Å². The van der Waals surface area contributed by atoms with Crippen LogP contribution in [0.2, 0.25) is 0 Å². The smallest absolute Gasteiger partial charge is 0.273 e. The maximum atomic E-state index is 12.2. The minimum absolute atomic E-state index is 0.0876. The van der Waals surface area contributed by atoms with Crippen LogP contribution in [-0.2, 0) is 6.54 Å². The van der Waals surface area contributed by atoms with Gasteiger partial charge in [0.1, 0.15) is 0 Å². The number of amides is 1. The number of carbonyl (C=O) groups is 1. The van der Waals surface area contributed by atoms with Gasteiger partial charge in [0.15, 0.2) is 5.69 Å². The summed E-state index contributed by atoms with van der Waals surface area (Å²) in [7, 11) is 0. The number of benzene rings is 1. The van der Waals surface area contributed by atoms with Crippen molar-refractivity contribution in [3.8, 4) is 17.1 Å². The largest absolute Gasteiger partial charge is 0.342 e. The summed E-state index contributed by atoms with van der Waals surface area (Å²) in [6.07, 6.45) is 4.69. The lowest BCUT2D eigenvalue weighted by atomic mass is 10.3. The summed E-state index contributed by atoms with van der Waals surface area (Å²) in [5.41, 5.74) is 1.70. The maximum Gasteiger partial charge on any atom is 0.273 e. The molecule has 1 aromatic carbocycles. The molecule has 0 atom stereocenters. The van der Waals surface area contributed by atoms with Crippen molar-refractivity contribution in [2.45, 2.75) is 6.54 Å². The molecule has 0 saturated heterocycles. The lowest BCUT2D eigenvalue weighted by Crippen LogP contribution is -2.23. The molecule has 0 spiro atoms. The Kier molecular flexibility index (Phi) is 4.17. The monoisotopic (exact) mass is 347 g/mol. The van der Waals surface area contributed by atoms with Crippen LogP contribution in [0.25, 0.3) is 17.1 Å². The normalized spacial score (nSPS) is 10.6. The predicted octanol–water partition coefficient (Wildman–Crippen LogP) is 1.64. The molecule has 3 heterocycles. The van der Waals surface area contributed by atoms with Gasteiger partial charge in [-0.2, -0.15) is 14.9 Å². The highest BCUT2D eigenvalue weighted by atomic mass is 16.5. The zero-order valence-electron chi connectivity index (χ0n) is 13.5. The zero-order valence-corrected chi connectivity index (χ0v) is 13.5. The number of hydrogen-bond donors (Lipinski definition) is 1. The van der Waals surface area contributed by atoms with Gasteiger partial charge in [0.2, 0.25) is 11.7 Å². The summed E-state index contributed by atoms with van der Waals surface area (Å²) in [6, 6.07) is 12.9. The Balaban J connectivity index is 1.40. The topological polar surface area (TPSA) is 112 Å². The molecule has 0 aliphatic carbocycles. The number of para-hydroxylation sites is 1. The van der Waals surface area contributed by atoms with Gasteiger partial charge in [0.25, 0.3) is 5.91 Å². The SMILES string of the molecule is O=C(NCc1nc(-c2cccnc2)no1)c1cnn(-c2ccccc2)n1. The molecule has 0 fully saturated rings. The fourth-order valence-electron chi connectivity index (χ4n) is 2.24. The molecule has 0 radical (unpaired) electrons. The molecule has 0 aliphatic heterocycles. The second-order valence-electron chi connectivity index (χ2n) is 5.29. The van der Waals surface area contributed by atoms with E-state index < -0.39 is 0 Å². The van der Waals surface area contributed by atoms with E-state index in [4.69, 9.17) is 4.52 Å². The Bertz CT molecular complexity index is 1010.